The van der Waals surface area contributed by atoms with E-state index in [1.165, 1.54) is 12.5 Å². The topological polar surface area (TPSA) is 105 Å². The molecule has 0 heterocycles. The molecule has 1 fully saturated rings. The van der Waals surface area contributed by atoms with Crippen molar-refractivity contribution in [2.75, 3.05) is 18.1 Å². The Morgan fingerprint density at radius 1 is 1.06 bits per heavy atom. The summed E-state index contributed by atoms with van der Waals surface area (Å²) in [5.41, 5.74) is 15.0. The number of ether oxygens (including phenoxy) is 2. The van der Waals surface area contributed by atoms with E-state index in [2.05, 4.69) is 6.58 Å². The van der Waals surface area contributed by atoms with Gasteiger partial charge in [0.25, 0.3) is 0 Å². The van der Waals surface area contributed by atoms with Gasteiger partial charge in [-0.25, -0.2) is 9.59 Å². The summed E-state index contributed by atoms with van der Waals surface area (Å²) in [6, 6.07) is 12.3. The minimum Gasteiger partial charge on any atom is -0.462 e. The molecule has 1 saturated carbocycles. The third kappa shape index (κ3) is 8.32. The lowest BCUT2D eigenvalue weighted by molar-refractivity contribution is -0.138. The highest BCUT2D eigenvalue weighted by Gasteiger charge is 2.24. The second-order valence-corrected chi connectivity index (χ2v) is 9.33. The number of hydrogen-bond acceptors (Lipinski definition) is 6. The summed E-state index contributed by atoms with van der Waals surface area (Å²) in [6.45, 7) is 5.94. The van der Waals surface area contributed by atoms with E-state index in [9.17, 15) is 9.59 Å². The minimum atomic E-state index is -0.444. The molecular formula is C29H36N2O4. The molecule has 1 aliphatic rings. The van der Waals surface area contributed by atoms with Crippen LogP contribution in [0.25, 0.3) is 6.08 Å². The van der Waals surface area contributed by atoms with Crippen molar-refractivity contribution in [1.82, 2.24) is 0 Å². The van der Waals surface area contributed by atoms with Gasteiger partial charge in [0, 0.05) is 23.4 Å². The predicted molar refractivity (Wildman–Crippen MR) is 141 cm³/mol. The first-order valence-corrected chi connectivity index (χ1v) is 12.3. The first kappa shape index (κ1) is 26.1. The van der Waals surface area contributed by atoms with Crippen molar-refractivity contribution in [1.29, 1.82) is 0 Å². The summed E-state index contributed by atoms with van der Waals surface area (Å²) in [6.07, 6.45) is 11.2. The normalized spacial score (nSPS) is 18.7. The Balaban J connectivity index is 1.43. The zero-order chi connectivity index (χ0) is 25.2. The Hall–Kier alpha value is -3.54. The Labute approximate surface area is 208 Å². The molecule has 1 aliphatic carbocycles. The fourth-order valence-electron chi connectivity index (χ4n) is 4.34. The van der Waals surface area contributed by atoms with Gasteiger partial charge in [0.1, 0.15) is 6.10 Å². The molecule has 0 aromatic heterocycles. The van der Waals surface area contributed by atoms with Gasteiger partial charge in [-0.1, -0.05) is 25.1 Å². The van der Waals surface area contributed by atoms with Crippen LogP contribution < -0.4 is 11.5 Å². The summed E-state index contributed by atoms with van der Waals surface area (Å²) in [7, 11) is 0. The number of allylic oxidation sites excluding steroid dienone is 1. The van der Waals surface area contributed by atoms with Gasteiger partial charge in [0.15, 0.2) is 0 Å². The van der Waals surface area contributed by atoms with Gasteiger partial charge in [-0.3, -0.25) is 0 Å². The highest BCUT2D eigenvalue weighted by molar-refractivity contribution is 5.90. The Morgan fingerprint density at radius 3 is 2.34 bits per heavy atom. The summed E-state index contributed by atoms with van der Waals surface area (Å²) in [5, 5.41) is 0. The lowest BCUT2D eigenvalue weighted by Crippen LogP contribution is -2.24. The van der Waals surface area contributed by atoms with Crippen molar-refractivity contribution in [3.8, 4) is 0 Å². The second kappa shape index (κ2) is 12.8. The first-order valence-electron chi connectivity index (χ1n) is 12.3. The molecule has 0 amide bonds. The van der Waals surface area contributed by atoms with Crippen LogP contribution in [0.3, 0.4) is 0 Å². The zero-order valence-corrected chi connectivity index (χ0v) is 20.5. The standard InChI is InChI=1S/C29H36N2O4/c1-3-4-5-21-8-13-27(14-9-21)35-29(33)23-11-6-22(7-12-23)10-15-28(32)34-19-20(2)24-16-25(30)18-26(31)17-24/h3,6-7,10-12,15-18,20-21,27H,1,4-5,8-9,13-14,19,30-31H2,2H3. The van der Waals surface area contributed by atoms with E-state index in [1.54, 1.807) is 36.4 Å². The quantitative estimate of drug-likeness (QED) is 0.192. The van der Waals surface area contributed by atoms with Gasteiger partial charge in [-0.2, -0.15) is 0 Å². The third-order valence-electron chi connectivity index (χ3n) is 6.45. The first-order chi connectivity index (χ1) is 16.8. The van der Waals surface area contributed by atoms with Gasteiger partial charge >= 0.3 is 11.9 Å². The van der Waals surface area contributed by atoms with Crippen molar-refractivity contribution in [2.45, 2.75) is 57.5 Å². The summed E-state index contributed by atoms with van der Waals surface area (Å²) >= 11 is 0. The minimum absolute atomic E-state index is 0.0111. The molecule has 186 valence electrons. The van der Waals surface area contributed by atoms with Gasteiger partial charge in [0.2, 0.25) is 0 Å². The molecule has 0 spiro atoms. The van der Waals surface area contributed by atoms with E-state index in [0.29, 0.717) is 22.9 Å². The molecule has 0 bridgehead atoms. The van der Waals surface area contributed by atoms with E-state index >= 15 is 0 Å². The molecule has 2 aromatic carbocycles. The smallest absolute Gasteiger partial charge is 0.338 e. The fourth-order valence-corrected chi connectivity index (χ4v) is 4.34. The van der Waals surface area contributed by atoms with Crippen LogP contribution in [-0.2, 0) is 14.3 Å². The maximum absolute atomic E-state index is 12.5. The van der Waals surface area contributed by atoms with Gasteiger partial charge in [-0.05, 0) is 92.0 Å². The van der Waals surface area contributed by atoms with Crippen LogP contribution in [0.15, 0.2) is 61.2 Å². The highest BCUT2D eigenvalue weighted by Crippen LogP contribution is 2.30. The molecule has 0 radical (unpaired) electrons. The van der Waals surface area contributed by atoms with E-state index in [1.807, 2.05) is 25.1 Å². The zero-order valence-electron chi connectivity index (χ0n) is 20.5. The molecular weight excluding hydrogens is 440 g/mol. The van der Waals surface area contributed by atoms with Gasteiger partial charge < -0.3 is 20.9 Å². The number of esters is 2. The SMILES string of the molecule is C=CCCC1CCC(OC(=O)c2ccc(C=CC(=O)OCC(C)c3cc(N)cc(N)c3)cc2)CC1. The Morgan fingerprint density at radius 2 is 1.71 bits per heavy atom. The largest absolute Gasteiger partial charge is 0.462 e. The van der Waals surface area contributed by atoms with Gasteiger partial charge in [0.05, 0.1) is 12.2 Å². The summed E-state index contributed by atoms with van der Waals surface area (Å²) < 4.78 is 11.1. The van der Waals surface area contributed by atoms with Crippen molar-refractivity contribution >= 4 is 29.4 Å². The van der Waals surface area contributed by atoms with E-state index in [0.717, 1.165) is 43.2 Å². The average molecular weight is 477 g/mol. The van der Waals surface area contributed by atoms with Crippen LogP contribution in [0, 0.1) is 5.92 Å². The van der Waals surface area contributed by atoms with Crippen molar-refractivity contribution < 1.29 is 19.1 Å². The number of carbonyl (C=O) groups is 2. The van der Waals surface area contributed by atoms with Crippen molar-refractivity contribution in [2.24, 2.45) is 5.92 Å². The molecule has 0 saturated heterocycles. The molecule has 2 aromatic rings. The third-order valence-corrected chi connectivity index (χ3v) is 6.45. The number of rotatable bonds is 10. The number of nitrogen functional groups attached to an aromatic ring is 2. The van der Waals surface area contributed by atoms with E-state index < -0.39 is 5.97 Å². The van der Waals surface area contributed by atoms with E-state index in [-0.39, 0.29) is 24.6 Å². The molecule has 35 heavy (non-hydrogen) atoms. The second-order valence-electron chi connectivity index (χ2n) is 9.33. The lowest BCUT2D eigenvalue weighted by Gasteiger charge is -2.28. The molecule has 3 rings (SSSR count). The maximum atomic E-state index is 12.5. The molecule has 1 atom stereocenters. The lowest BCUT2D eigenvalue weighted by atomic mass is 9.84. The Bertz CT molecular complexity index is 1020. The molecule has 6 heteroatoms. The van der Waals surface area contributed by atoms with Gasteiger partial charge in [-0.15, -0.1) is 6.58 Å². The van der Waals surface area contributed by atoms with Crippen LogP contribution in [0.1, 0.15) is 72.9 Å². The van der Waals surface area contributed by atoms with Crippen LogP contribution in [0.5, 0.6) is 0 Å². The van der Waals surface area contributed by atoms with Crippen molar-refractivity contribution in [3.05, 3.63) is 77.9 Å². The molecule has 6 nitrogen and oxygen atoms in total. The summed E-state index contributed by atoms with van der Waals surface area (Å²) in [5.74, 6) is -0.0722. The highest BCUT2D eigenvalue weighted by atomic mass is 16.5. The monoisotopic (exact) mass is 476 g/mol. The fraction of sp³-hybridized carbons (Fsp3) is 0.379. The number of nitrogens with two attached hydrogens (primary N) is 2. The van der Waals surface area contributed by atoms with Crippen LogP contribution >= 0.6 is 0 Å². The predicted octanol–water partition coefficient (Wildman–Crippen LogP) is 5.89. The molecule has 0 aliphatic heterocycles. The number of carbonyl (C=O) groups excluding carboxylic acids is 2. The number of hydrogen-bond donors (Lipinski definition) is 2. The van der Waals surface area contributed by atoms with E-state index in [4.69, 9.17) is 20.9 Å². The average Bonchev–Trinajstić information content (AvgIpc) is 2.85. The van der Waals surface area contributed by atoms with Crippen molar-refractivity contribution in [3.63, 3.8) is 0 Å². The number of anilines is 2. The number of benzene rings is 2. The maximum Gasteiger partial charge on any atom is 0.338 e. The molecule has 4 N–H and O–H groups in total. The molecule has 1 unspecified atom stereocenters. The van der Waals surface area contributed by atoms with Crippen LogP contribution in [-0.4, -0.2) is 24.6 Å². The van der Waals surface area contributed by atoms with Crippen LogP contribution in [0.2, 0.25) is 0 Å². The summed E-state index contributed by atoms with van der Waals surface area (Å²) in [4.78, 5) is 24.6. The van der Waals surface area contributed by atoms with Crippen LogP contribution in [0.4, 0.5) is 11.4 Å². The Kier molecular flexibility index (Phi) is 9.53.